The van der Waals surface area contributed by atoms with Gasteiger partial charge in [0, 0.05) is 12.6 Å². The first-order chi connectivity index (χ1) is 16.0. The van der Waals surface area contributed by atoms with Gasteiger partial charge in [0.2, 0.25) is 11.8 Å². The molecule has 2 heterocycles. The van der Waals surface area contributed by atoms with Gasteiger partial charge in [0.25, 0.3) is 0 Å². The lowest BCUT2D eigenvalue weighted by Gasteiger charge is -2.14. The second-order valence-electron chi connectivity index (χ2n) is 8.21. The molecule has 5 rings (SSSR count). The number of carbonyl (C=O) groups excluding carboxylic acids is 3. The zero-order valence-corrected chi connectivity index (χ0v) is 17.7. The minimum atomic E-state index is -0.578. The molecule has 0 radical (unpaired) electrons. The Morgan fingerprint density at radius 1 is 0.970 bits per heavy atom. The van der Waals surface area contributed by atoms with Crippen molar-refractivity contribution in [2.45, 2.75) is 19.3 Å². The van der Waals surface area contributed by atoms with Crippen LogP contribution in [0.15, 0.2) is 76.2 Å². The number of hydrogen-bond acceptors (Lipinski definition) is 6. The third-order valence-electron chi connectivity index (χ3n) is 6.20. The first kappa shape index (κ1) is 20.9. The van der Waals surface area contributed by atoms with Gasteiger partial charge < -0.3 is 9.15 Å². The first-order valence-corrected chi connectivity index (χ1v) is 10.8. The van der Waals surface area contributed by atoms with E-state index in [0.29, 0.717) is 29.4 Å². The summed E-state index contributed by atoms with van der Waals surface area (Å²) in [6.45, 7) is -0.00734. The van der Waals surface area contributed by atoms with E-state index in [-0.39, 0.29) is 47.8 Å². The van der Waals surface area contributed by atoms with Gasteiger partial charge >= 0.3 is 5.97 Å². The maximum Gasteiger partial charge on any atom is 0.313 e. The molecule has 7 heteroatoms. The number of rotatable bonds is 5. The van der Waals surface area contributed by atoms with Crippen molar-refractivity contribution >= 4 is 28.8 Å². The highest BCUT2D eigenvalue weighted by atomic mass is 16.5. The predicted molar refractivity (Wildman–Crippen MR) is 120 cm³/mol. The lowest BCUT2D eigenvalue weighted by Crippen LogP contribution is -2.33. The molecular weight excluding hydrogens is 422 g/mol. The van der Waals surface area contributed by atoms with Gasteiger partial charge in [0.15, 0.2) is 5.43 Å². The molecule has 166 valence electrons. The molecule has 2 amide bonds. The molecule has 1 aliphatic heterocycles. The van der Waals surface area contributed by atoms with E-state index in [4.69, 9.17) is 9.15 Å². The number of amides is 2. The molecule has 0 N–H and O–H groups in total. The summed E-state index contributed by atoms with van der Waals surface area (Å²) < 4.78 is 11.0. The van der Waals surface area contributed by atoms with Crippen LogP contribution in [0, 0.1) is 11.8 Å². The average Bonchev–Trinajstić information content (AvgIpc) is 3.08. The van der Waals surface area contributed by atoms with Crippen LogP contribution in [0.1, 0.15) is 19.3 Å². The molecule has 1 saturated heterocycles. The highest BCUT2D eigenvalue weighted by molar-refractivity contribution is 6.05. The Kier molecular flexibility index (Phi) is 5.38. The molecule has 2 atom stereocenters. The number of hydrogen-bond donors (Lipinski definition) is 0. The average molecular weight is 443 g/mol. The lowest BCUT2D eigenvalue weighted by molar-refractivity contribution is -0.141. The molecular formula is C26H21NO6. The fourth-order valence-electron chi connectivity index (χ4n) is 4.46. The van der Waals surface area contributed by atoms with Crippen LogP contribution in [0.2, 0.25) is 0 Å². The van der Waals surface area contributed by atoms with Crippen molar-refractivity contribution in [3.8, 4) is 16.9 Å². The van der Waals surface area contributed by atoms with Gasteiger partial charge in [-0.25, -0.2) is 0 Å². The van der Waals surface area contributed by atoms with E-state index in [1.807, 2.05) is 42.5 Å². The number of benzene rings is 2. The number of imide groups is 1. The fourth-order valence-corrected chi connectivity index (χ4v) is 4.46. The van der Waals surface area contributed by atoms with Gasteiger partial charge in [-0.1, -0.05) is 42.5 Å². The van der Waals surface area contributed by atoms with Gasteiger partial charge in [-0.2, -0.15) is 0 Å². The number of likely N-dealkylation sites (tertiary alicyclic amines) is 1. The molecule has 3 aromatic rings. The van der Waals surface area contributed by atoms with Crippen molar-refractivity contribution < 1.29 is 23.5 Å². The van der Waals surface area contributed by atoms with E-state index in [1.54, 1.807) is 6.07 Å². The molecule has 2 aliphatic rings. The molecule has 1 aliphatic carbocycles. The van der Waals surface area contributed by atoms with Crippen LogP contribution in [0.5, 0.6) is 5.75 Å². The number of nitrogens with zero attached hydrogens (tertiary/aromatic N) is 1. The fraction of sp³-hybridized carbons (Fsp3) is 0.231. The molecule has 0 spiro atoms. The van der Waals surface area contributed by atoms with E-state index in [0.717, 1.165) is 5.56 Å². The van der Waals surface area contributed by atoms with Gasteiger partial charge in [-0.05, 0) is 30.5 Å². The quantitative estimate of drug-likeness (QED) is 0.258. The van der Waals surface area contributed by atoms with Crippen LogP contribution in [-0.4, -0.2) is 29.2 Å². The number of ether oxygens (including phenoxy) is 1. The molecule has 1 aromatic heterocycles. The Balaban J connectivity index is 1.27. The summed E-state index contributed by atoms with van der Waals surface area (Å²) in [7, 11) is 0. The van der Waals surface area contributed by atoms with E-state index in [1.165, 1.54) is 23.3 Å². The molecule has 0 saturated carbocycles. The van der Waals surface area contributed by atoms with Gasteiger partial charge in [-0.15, -0.1) is 0 Å². The molecule has 2 aromatic carbocycles. The third kappa shape index (κ3) is 3.86. The summed E-state index contributed by atoms with van der Waals surface area (Å²) in [5.74, 6) is -1.43. The van der Waals surface area contributed by atoms with Crippen LogP contribution in [-0.2, 0) is 14.4 Å². The van der Waals surface area contributed by atoms with E-state index < -0.39 is 5.97 Å². The Morgan fingerprint density at radius 3 is 2.36 bits per heavy atom. The maximum atomic E-state index is 12.8. The minimum absolute atomic E-state index is 0.00734. The molecule has 1 fully saturated rings. The van der Waals surface area contributed by atoms with Crippen LogP contribution in [0.4, 0.5) is 0 Å². The predicted octanol–water partition coefficient (Wildman–Crippen LogP) is 3.71. The molecule has 0 bridgehead atoms. The van der Waals surface area contributed by atoms with Crippen LogP contribution in [0.3, 0.4) is 0 Å². The topological polar surface area (TPSA) is 93.9 Å². The van der Waals surface area contributed by atoms with Gasteiger partial charge in [0.1, 0.15) is 17.6 Å². The third-order valence-corrected chi connectivity index (χ3v) is 6.20. The Bertz CT molecular complexity index is 1310. The van der Waals surface area contributed by atoms with Crippen LogP contribution in [0.25, 0.3) is 22.1 Å². The Morgan fingerprint density at radius 2 is 1.67 bits per heavy atom. The van der Waals surface area contributed by atoms with Crippen molar-refractivity contribution in [1.82, 2.24) is 4.90 Å². The summed E-state index contributed by atoms with van der Waals surface area (Å²) in [4.78, 5) is 51.4. The standard InChI is InChI=1S/C26H21NO6/c28-23(12-13-27-25(30)18-8-4-5-9-19(18)26(27)31)33-17-10-11-20-22(14-17)32-15-21(24(20)29)16-6-2-1-3-7-16/h1-7,10-11,14-15,18-19H,8-9,12-13H2/t18-,19+. The van der Waals surface area contributed by atoms with E-state index in [2.05, 4.69) is 0 Å². The van der Waals surface area contributed by atoms with Crippen LogP contribution < -0.4 is 10.2 Å². The van der Waals surface area contributed by atoms with E-state index >= 15 is 0 Å². The number of fused-ring (bicyclic) bond motifs is 2. The van der Waals surface area contributed by atoms with Gasteiger partial charge in [0.05, 0.1) is 29.2 Å². The largest absolute Gasteiger partial charge is 0.463 e. The minimum Gasteiger partial charge on any atom is -0.463 e. The normalized spacial score (nSPS) is 19.7. The molecule has 7 nitrogen and oxygen atoms in total. The maximum absolute atomic E-state index is 12.8. The zero-order chi connectivity index (χ0) is 22.9. The first-order valence-electron chi connectivity index (χ1n) is 10.8. The van der Waals surface area contributed by atoms with Crippen molar-refractivity contribution in [2.24, 2.45) is 11.8 Å². The summed E-state index contributed by atoms with van der Waals surface area (Å²) in [5, 5.41) is 0.376. The zero-order valence-electron chi connectivity index (χ0n) is 17.7. The monoisotopic (exact) mass is 443 g/mol. The summed E-state index contributed by atoms with van der Waals surface area (Å²) >= 11 is 0. The summed E-state index contributed by atoms with van der Waals surface area (Å²) in [6.07, 6.45) is 6.24. The molecule has 33 heavy (non-hydrogen) atoms. The summed E-state index contributed by atoms with van der Waals surface area (Å²) in [5.41, 5.74) is 1.32. The van der Waals surface area contributed by atoms with Crippen molar-refractivity contribution in [3.05, 3.63) is 77.2 Å². The smallest absolute Gasteiger partial charge is 0.313 e. The lowest BCUT2D eigenvalue weighted by atomic mass is 9.85. The highest BCUT2D eigenvalue weighted by Crippen LogP contribution is 2.35. The van der Waals surface area contributed by atoms with Gasteiger partial charge in [-0.3, -0.25) is 24.1 Å². The Hall–Kier alpha value is -4.00. The second kappa shape index (κ2) is 8.50. The molecule has 0 unspecified atom stereocenters. The highest BCUT2D eigenvalue weighted by Gasteiger charge is 2.46. The Labute approximate surface area is 189 Å². The van der Waals surface area contributed by atoms with Crippen molar-refractivity contribution in [1.29, 1.82) is 0 Å². The number of carbonyl (C=O) groups is 3. The SMILES string of the molecule is O=C(CCN1C(=O)[C@H]2CC=CC[C@H]2C1=O)Oc1ccc2c(=O)c(-c3ccccc3)coc2c1. The number of esters is 1. The van der Waals surface area contributed by atoms with Crippen LogP contribution >= 0.6 is 0 Å². The van der Waals surface area contributed by atoms with Crippen molar-refractivity contribution in [2.75, 3.05) is 6.54 Å². The van der Waals surface area contributed by atoms with Crippen molar-refractivity contribution in [3.63, 3.8) is 0 Å². The summed E-state index contributed by atoms with van der Waals surface area (Å²) in [6, 6.07) is 13.8. The van der Waals surface area contributed by atoms with E-state index in [9.17, 15) is 19.2 Å². The number of allylic oxidation sites excluding steroid dienone is 2. The second-order valence-corrected chi connectivity index (χ2v) is 8.21.